The molecule has 0 aliphatic carbocycles. The van der Waals surface area contributed by atoms with Crippen LogP contribution in [0, 0.1) is 0 Å². The summed E-state index contributed by atoms with van der Waals surface area (Å²) in [7, 11) is 0. The quantitative estimate of drug-likeness (QED) is 0.154. The lowest BCUT2D eigenvalue weighted by molar-refractivity contribution is 1.23. The van der Waals surface area contributed by atoms with Gasteiger partial charge in [-0.2, -0.15) is 0 Å². The van der Waals surface area contributed by atoms with Gasteiger partial charge in [0.2, 0.25) is 0 Å². The maximum Gasteiger partial charge on any atom is 0.160 e. The summed E-state index contributed by atoms with van der Waals surface area (Å²) in [5.41, 5.74) is 15.8. The molecule has 0 saturated heterocycles. The van der Waals surface area contributed by atoms with Crippen LogP contribution < -0.4 is 0 Å². The van der Waals surface area contributed by atoms with E-state index in [1.165, 1.54) is 33.4 Å². The van der Waals surface area contributed by atoms with Crippen molar-refractivity contribution in [3.63, 3.8) is 0 Å². The molecule has 0 spiro atoms. The number of benzene rings is 9. The molecular weight excluding hydrogens is 677 g/mol. The van der Waals surface area contributed by atoms with Crippen LogP contribution in [0.4, 0.5) is 0 Å². The normalized spacial score (nSPS) is 11.2. The molecule has 0 aliphatic heterocycles. The molecule has 0 fully saturated rings. The fraction of sp³-hybridized carbons (Fsp3) is 0. The Bertz CT molecular complexity index is 2990. The number of fused-ring (bicyclic) bond motifs is 3. The molecule has 1 heterocycles. The Morgan fingerprint density at radius 3 is 1.32 bits per heavy atom. The van der Waals surface area contributed by atoms with Gasteiger partial charge < -0.3 is 0 Å². The molecule has 0 aliphatic rings. The summed E-state index contributed by atoms with van der Waals surface area (Å²) in [6.07, 6.45) is 0. The van der Waals surface area contributed by atoms with Crippen molar-refractivity contribution in [1.29, 1.82) is 0 Å². The van der Waals surface area contributed by atoms with Crippen molar-refractivity contribution >= 4 is 21.7 Å². The Hall–Kier alpha value is -7.42. The molecular formula is C54H36N2. The van der Waals surface area contributed by atoms with Crippen molar-refractivity contribution in [2.75, 3.05) is 0 Å². The summed E-state index contributed by atoms with van der Waals surface area (Å²) in [4.78, 5) is 10.6. The van der Waals surface area contributed by atoms with Crippen LogP contribution in [0.25, 0.3) is 100.0 Å². The molecule has 0 radical (unpaired) electrons. The van der Waals surface area contributed by atoms with Gasteiger partial charge in [-0.3, -0.25) is 0 Å². The second-order valence-electron chi connectivity index (χ2n) is 14.2. The van der Waals surface area contributed by atoms with Gasteiger partial charge in [0, 0.05) is 21.9 Å². The number of hydrogen-bond acceptors (Lipinski definition) is 2. The molecule has 2 heteroatoms. The average molecular weight is 713 g/mol. The molecule has 262 valence electrons. The Morgan fingerprint density at radius 2 is 0.696 bits per heavy atom. The van der Waals surface area contributed by atoms with E-state index < -0.39 is 0 Å². The lowest BCUT2D eigenvalue weighted by Gasteiger charge is -2.15. The van der Waals surface area contributed by atoms with Gasteiger partial charge >= 0.3 is 0 Å². The lowest BCUT2D eigenvalue weighted by atomic mass is 9.94. The van der Waals surface area contributed by atoms with E-state index in [9.17, 15) is 0 Å². The Labute approximate surface area is 327 Å². The molecule has 2 nitrogen and oxygen atoms in total. The predicted octanol–water partition coefficient (Wildman–Crippen LogP) is 14.5. The maximum absolute atomic E-state index is 5.32. The molecule has 0 saturated carbocycles. The van der Waals surface area contributed by atoms with Gasteiger partial charge in [-0.25, -0.2) is 9.97 Å². The van der Waals surface area contributed by atoms with Crippen LogP contribution in [0.1, 0.15) is 0 Å². The van der Waals surface area contributed by atoms with Gasteiger partial charge in [0.05, 0.1) is 11.2 Å². The number of nitrogens with zero attached hydrogens (tertiary/aromatic N) is 2. The van der Waals surface area contributed by atoms with E-state index in [0.29, 0.717) is 5.82 Å². The average Bonchev–Trinajstić information content (AvgIpc) is 3.29. The van der Waals surface area contributed by atoms with Crippen LogP contribution in [0.3, 0.4) is 0 Å². The topological polar surface area (TPSA) is 25.8 Å². The van der Waals surface area contributed by atoms with E-state index in [0.717, 1.165) is 60.8 Å². The van der Waals surface area contributed by atoms with Crippen LogP contribution in [0.2, 0.25) is 0 Å². The molecule has 9 aromatic carbocycles. The van der Waals surface area contributed by atoms with Crippen LogP contribution >= 0.6 is 0 Å². The minimum atomic E-state index is 0.711. The first kappa shape index (κ1) is 33.2. The Morgan fingerprint density at radius 1 is 0.250 bits per heavy atom. The third-order valence-electron chi connectivity index (χ3n) is 10.7. The minimum absolute atomic E-state index is 0.711. The molecule has 0 bridgehead atoms. The largest absolute Gasteiger partial charge is 0.227 e. The van der Waals surface area contributed by atoms with E-state index in [2.05, 4.69) is 218 Å². The zero-order valence-corrected chi connectivity index (χ0v) is 30.7. The van der Waals surface area contributed by atoms with Crippen molar-refractivity contribution in [3.8, 4) is 78.3 Å². The summed E-state index contributed by atoms with van der Waals surface area (Å²) in [5, 5.41) is 3.32. The van der Waals surface area contributed by atoms with E-state index in [-0.39, 0.29) is 0 Å². The van der Waals surface area contributed by atoms with Gasteiger partial charge in [-0.1, -0.05) is 200 Å². The van der Waals surface area contributed by atoms with Crippen molar-refractivity contribution < 1.29 is 0 Å². The number of rotatable bonds is 7. The van der Waals surface area contributed by atoms with Crippen molar-refractivity contribution in [3.05, 3.63) is 218 Å². The molecule has 0 amide bonds. The third kappa shape index (κ3) is 6.34. The zero-order chi connectivity index (χ0) is 37.3. The molecule has 10 aromatic rings. The van der Waals surface area contributed by atoms with Crippen molar-refractivity contribution in [2.45, 2.75) is 0 Å². The van der Waals surface area contributed by atoms with E-state index in [1.54, 1.807) is 0 Å². The highest BCUT2D eigenvalue weighted by Gasteiger charge is 2.17. The Balaban J connectivity index is 0.980. The molecule has 56 heavy (non-hydrogen) atoms. The smallest absolute Gasteiger partial charge is 0.160 e. The first-order valence-electron chi connectivity index (χ1n) is 19.1. The monoisotopic (exact) mass is 712 g/mol. The first-order chi connectivity index (χ1) is 27.7. The first-order valence-corrected chi connectivity index (χ1v) is 19.1. The van der Waals surface area contributed by atoms with Crippen molar-refractivity contribution in [2.24, 2.45) is 0 Å². The molecule has 1 aromatic heterocycles. The van der Waals surface area contributed by atoms with Crippen LogP contribution in [0.15, 0.2) is 218 Å². The fourth-order valence-corrected chi connectivity index (χ4v) is 7.81. The number of aromatic nitrogens is 2. The van der Waals surface area contributed by atoms with Crippen LogP contribution in [0.5, 0.6) is 0 Å². The molecule has 10 rings (SSSR count). The van der Waals surface area contributed by atoms with Crippen LogP contribution in [-0.2, 0) is 0 Å². The van der Waals surface area contributed by atoms with Gasteiger partial charge in [-0.05, 0) is 79.2 Å². The second kappa shape index (κ2) is 14.4. The minimum Gasteiger partial charge on any atom is -0.227 e. The molecule has 0 atom stereocenters. The maximum atomic E-state index is 5.32. The molecule has 0 unspecified atom stereocenters. The van der Waals surface area contributed by atoms with Gasteiger partial charge in [0.1, 0.15) is 0 Å². The molecule has 0 N–H and O–H groups in total. The van der Waals surface area contributed by atoms with Gasteiger partial charge in [0.25, 0.3) is 0 Å². The summed E-state index contributed by atoms with van der Waals surface area (Å²) in [6.45, 7) is 0. The summed E-state index contributed by atoms with van der Waals surface area (Å²) >= 11 is 0. The Kier molecular flexibility index (Phi) is 8.55. The third-order valence-corrected chi connectivity index (χ3v) is 10.7. The highest BCUT2D eigenvalue weighted by atomic mass is 14.9. The van der Waals surface area contributed by atoms with E-state index in [1.807, 2.05) is 0 Å². The lowest BCUT2D eigenvalue weighted by Crippen LogP contribution is -1.97. The predicted molar refractivity (Wildman–Crippen MR) is 235 cm³/mol. The van der Waals surface area contributed by atoms with Gasteiger partial charge in [0.15, 0.2) is 5.82 Å². The highest BCUT2D eigenvalue weighted by Crippen LogP contribution is 2.38. The van der Waals surface area contributed by atoms with Crippen LogP contribution in [-0.4, -0.2) is 9.97 Å². The summed E-state index contributed by atoms with van der Waals surface area (Å²) < 4.78 is 0. The number of hydrogen-bond donors (Lipinski definition) is 0. The second-order valence-corrected chi connectivity index (χ2v) is 14.2. The zero-order valence-electron chi connectivity index (χ0n) is 30.7. The van der Waals surface area contributed by atoms with Crippen molar-refractivity contribution in [1.82, 2.24) is 9.97 Å². The standard InChI is InChI=1S/C54H36N2/c1-3-13-37(14-4-1)44-18-11-20-46(35-44)47-21-12-19-45(36-47)40-27-25-38(26-28-40)39-29-31-43(32-30-39)54-55-52-49-23-8-7-17-42(49)33-34-51(52)53(56-54)50-24-10-9-22-48(50)41-15-5-2-6-16-41/h1-36H. The summed E-state index contributed by atoms with van der Waals surface area (Å²) in [6, 6.07) is 77.6. The van der Waals surface area contributed by atoms with Gasteiger partial charge in [-0.15, -0.1) is 0 Å². The SMILES string of the molecule is c1ccc(-c2cccc(-c3cccc(-c4ccc(-c5ccc(-c6nc(-c7ccccc7-c7ccccc7)c7ccc8ccccc8c7n6)cc5)cc4)c3)c2)cc1. The van der Waals surface area contributed by atoms with E-state index in [4.69, 9.17) is 9.97 Å². The fourth-order valence-electron chi connectivity index (χ4n) is 7.81. The highest BCUT2D eigenvalue weighted by molar-refractivity contribution is 6.10. The van der Waals surface area contributed by atoms with E-state index >= 15 is 0 Å². The summed E-state index contributed by atoms with van der Waals surface area (Å²) in [5.74, 6) is 0.711.